The number of nitrogen functional groups attached to an aromatic ring is 1. The minimum atomic E-state index is 0.253. The number of hydrogen-bond acceptors (Lipinski definition) is 6. The zero-order valence-electron chi connectivity index (χ0n) is 13.2. The summed E-state index contributed by atoms with van der Waals surface area (Å²) in [6, 6.07) is 17.2. The second-order valence-electron chi connectivity index (χ2n) is 5.51. The van der Waals surface area contributed by atoms with E-state index in [1.165, 1.54) is 0 Å². The van der Waals surface area contributed by atoms with Gasteiger partial charge in [0.15, 0.2) is 17.1 Å². The van der Waals surface area contributed by atoms with Crippen molar-refractivity contribution in [1.29, 1.82) is 5.26 Å². The molecule has 0 aliphatic carbocycles. The highest BCUT2D eigenvalue weighted by Gasteiger charge is 2.15. The molecule has 0 amide bonds. The maximum atomic E-state index is 8.86. The normalized spacial score (nSPS) is 10.7. The molecule has 6 heteroatoms. The van der Waals surface area contributed by atoms with Crippen molar-refractivity contribution in [2.45, 2.75) is 6.42 Å². The van der Waals surface area contributed by atoms with Crippen molar-refractivity contribution in [1.82, 2.24) is 15.0 Å². The predicted octanol–water partition coefficient (Wildman–Crippen LogP) is 3.60. The van der Waals surface area contributed by atoms with Crippen LogP contribution >= 0.6 is 0 Å². The maximum absolute atomic E-state index is 8.86. The van der Waals surface area contributed by atoms with Crippen LogP contribution in [0.25, 0.3) is 33.9 Å². The van der Waals surface area contributed by atoms with Gasteiger partial charge in [-0.1, -0.05) is 30.3 Å². The molecule has 0 unspecified atom stereocenters. The van der Waals surface area contributed by atoms with E-state index in [4.69, 9.17) is 15.4 Å². The predicted molar refractivity (Wildman–Crippen MR) is 94.2 cm³/mol. The zero-order chi connectivity index (χ0) is 17.2. The monoisotopic (exact) mass is 327 g/mol. The van der Waals surface area contributed by atoms with Crippen LogP contribution in [0.2, 0.25) is 0 Å². The second kappa shape index (κ2) is 6.06. The van der Waals surface area contributed by atoms with Crippen LogP contribution in [0.4, 0.5) is 5.82 Å². The van der Waals surface area contributed by atoms with Gasteiger partial charge in [0.05, 0.1) is 24.4 Å². The van der Waals surface area contributed by atoms with Crippen LogP contribution in [0.15, 0.2) is 59.1 Å². The Morgan fingerprint density at radius 2 is 1.96 bits per heavy atom. The van der Waals surface area contributed by atoms with E-state index < -0.39 is 0 Å². The number of anilines is 1. The molecule has 4 aromatic rings. The molecule has 2 aromatic carbocycles. The number of hydrogen-bond donors (Lipinski definition) is 1. The number of aromatic nitrogens is 3. The SMILES string of the molecule is N#CCc1cccc(-c2cnc(N)c(-c3nc4ccccc4o3)n2)c1. The van der Waals surface area contributed by atoms with E-state index in [0.29, 0.717) is 29.3 Å². The number of nitrogens with zero attached hydrogens (tertiary/aromatic N) is 4. The molecule has 2 aromatic heterocycles. The lowest BCUT2D eigenvalue weighted by Gasteiger charge is -2.05. The number of rotatable bonds is 3. The van der Waals surface area contributed by atoms with Crippen molar-refractivity contribution in [2.24, 2.45) is 0 Å². The Balaban J connectivity index is 1.81. The molecule has 0 saturated heterocycles. The molecular weight excluding hydrogens is 314 g/mol. The van der Waals surface area contributed by atoms with Crippen molar-refractivity contribution < 1.29 is 4.42 Å². The summed E-state index contributed by atoms with van der Waals surface area (Å²) in [6.45, 7) is 0. The summed E-state index contributed by atoms with van der Waals surface area (Å²) in [7, 11) is 0. The van der Waals surface area contributed by atoms with E-state index in [1.54, 1.807) is 6.20 Å². The minimum absolute atomic E-state index is 0.253. The number of fused-ring (bicyclic) bond motifs is 1. The topological polar surface area (TPSA) is 102 Å². The summed E-state index contributed by atoms with van der Waals surface area (Å²) in [5.74, 6) is 0.588. The summed E-state index contributed by atoms with van der Waals surface area (Å²) >= 11 is 0. The highest BCUT2D eigenvalue weighted by Crippen LogP contribution is 2.28. The fourth-order valence-corrected chi connectivity index (χ4v) is 2.60. The third kappa shape index (κ3) is 2.79. The van der Waals surface area contributed by atoms with Crippen molar-refractivity contribution >= 4 is 16.9 Å². The van der Waals surface area contributed by atoms with Crippen LogP contribution in [0.5, 0.6) is 0 Å². The lowest BCUT2D eigenvalue weighted by molar-refractivity contribution is 0.617. The Morgan fingerprint density at radius 3 is 2.80 bits per heavy atom. The molecule has 0 aliphatic heterocycles. The quantitative estimate of drug-likeness (QED) is 0.617. The number of nitrogens with two attached hydrogens (primary N) is 1. The van der Waals surface area contributed by atoms with Crippen molar-refractivity contribution in [2.75, 3.05) is 5.73 Å². The van der Waals surface area contributed by atoms with Crippen LogP contribution in [0, 0.1) is 11.3 Å². The van der Waals surface area contributed by atoms with Gasteiger partial charge >= 0.3 is 0 Å². The van der Waals surface area contributed by atoms with E-state index in [2.05, 4.69) is 21.0 Å². The number of para-hydroxylation sites is 2. The van der Waals surface area contributed by atoms with E-state index in [0.717, 1.165) is 16.6 Å². The molecule has 6 nitrogen and oxygen atoms in total. The fraction of sp³-hybridized carbons (Fsp3) is 0.0526. The molecule has 4 rings (SSSR count). The van der Waals surface area contributed by atoms with Gasteiger partial charge in [0.1, 0.15) is 5.52 Å². The van der Waals surface area contributed by atoms with Gasteiger partial charge in [-0.3, -0.25) is 0 Å². The van der Waals surface area contributed by atoms with Gasteiger partial charge in [0, 0.05) is 5.56 Å². The maximum Gasteiger partial charge on any atom is 0.250 e. The van der Waals surface area contributed by atoms with E-state index in [-0.39, 0.29) is 5.82 Å². The summed E-state index contributed by atoms with van der Waals surface area (Å²) < 4.78 is 5.75. The van der Waals surface area contributed by atoms with Crippen molar-refractivity contribution in [3.05, 3.63) is 60.3 Å². The Labute approximate surface area is 143 Å². The molecule has 120 valence electrons. The summed E-state index contributed by atoms with van der Waals surface area (Å²) in [5, 5.41) is 8.86. The summed E-state index contributed by atoms with van der Waals surface area (Å²) in [5.41, 5.74) is 10.2. The molecule has 0 saturated carbocycles. The Hall–Kier alpha value is -3.72. The lowest BCUT2D eigenvalue weighted by Crippen LogP contribution is -1.99. The van der Waals surface area contributed by atoms with E-state index in [9.17, 15) is 0 Å². The number of oxazole rings is 1. The van der Waals surface area contributed by atoms with Crippen LogP contribution < -0.4 is 5.73 Å². The third-order valence-corrected chi connectivity index (χ3v) is 3.80. The van der Waals surface area contributed by atoms with Gasteiger partial charge in [-0.15, -0.1) is 0 Å². The standard InChI is InChI=1S/C19H13N5O/c20-9-8-12-4-3-5-13(10-12)15-11-22-18(21)17(23-15)19-24-14-6-1-2-7-16(14)25-19/h1-7,10-11H,8H2,(H2,21,22). The van der Waals surface area contributed by atoms with Gasteiger partial charge in [-0.25, -0.2) is 15.0 Å². The molecule has 0 spiro atoms. The van der Waals surface area contributed by atoms with Crippen LogP contribution in [-0.4, -0.2) is 15.0 Å². The van der Waals surface area contributed by atoms with Gasteiger partial charge in [0.25, 0.3) is 0 Å². The van der Waals surface area contributed by atoms with E-state index >= 15 is 0 Å². The first-order valence-corrected chi connectivity index (χ1v) is 7.69. The number of benzene rings is 2. The lowest BCUT2D eigenvalue weighted by atomic mass is 10.1. The molecule has 0 fully saturated rings. The molecule has 25 heavy (non-hydrogen) atoms. The molecular formula is C19H13N5O. The van der Waals surface area contributed by atoms with Gasteiger partial charge < -0.3 is 10.2 Å². The molecule has 0 aliphatic rings. The molecule has 0 radical (unpaired) electrons. The Bertz CT molecular complexity index is 1080. The number of nitriles is 1. The first kappa shape index (κ1) is 14.8. The van der Waals surface area contributed by atoms with Crippen LogP contribution in [0.1, 0.15) is 5.56 Å². The third-order valence-electron chi connectivity index (χ3n) is 3.80. The van der Waals surface area contributed by atoms with Crippen LogP contribution in [-0.2, 0) is 6.42 Å². The van der Waals surface area contributed by atoms with Crippen molar-refractivity contribution in [3.8, 4) is 28.9 Å². The highest BCUT2D eigenvalue weighted by molar-refractivity contribution is 5.78. The fourth-order valence-electron chi connectivity index (χ4n) is 2.60. The van der Waals surface area contributed by atoms with Gasteiger partial charge in [-0.2, -0.15) is 5.26 Å². The molecule has 0 bridgehead atoms. The van der Waals surface area contributed by atoms with Crippen LogP contribution in [0.3, 0.4) is 0 Å². The molecule has 0 atom stereocenters. The largest absolute Gasteiger partial charge is 0.435 e. The zero-order valence-corrected chi connectivity index (χ0v) is 13.2. The summed E-state index contributed by atoms with van der Waals surface area (Å²) in [4.78, 5) is 13.2. The van der Waals surface area contributed by atoms with Gasteiger partial charge in [0.2, 0.25) is 5.89 Å². The molecule has 2 heterocycles. The second-order valence-corrected chi connectivity index (χ2v) is 5.51. The average molecular weight is 327 g/mol. The highest BCUT2D eigenvalue weighted by atomic mass is 16.3. The summed E-state index contributed by atoms with van der Waals surface area (Å²) in [6.07, 6.45) is 1.95. The average Bonchev–Trinajstić information content (AvgIpc) is 3.06. The Morgan fingerprint density at radius 1 is 1.08 bits per heavy atom. The smallest absolute Gasteiger partial charge is 0.250 e. The minimum Gasteiger partial charge on any atom is -0.435 e. The molecule has 2 N–H and O–H groups in total. The van der Waals surface area contributed by atoms with E-state index in [1.807, 2.05) is 48.5 Å². The first-order valence-electron chi connectivity index (χ1n) is 7.69. The van der Waals surface area contributed by atoms with Crippen molar-refractivity contribution in [3.63, 3.8) is 0 Å². The van der Waals surface area contributed by atoms with Gasteiger partial charge in [-0.05, 0) is 23.8 Å². The first-order chi connectivity index (χ1) is 12.2. The Kier molecular flexibility index (Phi) is 3.60.